The zero-order valence-electron chi connectivity index (χ0n) is 12.8. The molecule has 1 fully saturated rings. The van der Waals surface area contributed by atoms with E-state index in [1.54, 1.807) is 16.6 Å². The van der Waals surface area contributed by atoms with E-state index in [0.29, 0.717) is 23.9 Å². The Hall–Kier alpha value is -0.170. The summed E-state index contributed by atoms with van der Waals surface area (Å²) >= 11 is 7.73. The Morgan fingerprint density at radius 3 is 2.67 bits per heavy atom. The number of aromatic nitrogens is 1. The van der Waals surface area contributed by atoms with E-state index in [2.05, 4.69) is 13.8 Å². The number of halogens is 1. The SMILES string of the molecule is CCn1cc(S(=O)(=O)N2CCSC(C)(C)CC2)cc1CCl. The Morgan fingerprint density at radius 1 is 1.38 bits per heavy atom. The summed E-state index contributed by atoms with van der Waals surface area (Å²) in [5, 5.41) is 0. The molecule has 0 saturated carbocycles. The van der Waals surface area contributed by atoms with Gasteiger partial charge in [0.25, 0.3) is 0 Å². The molecule has 120 valence electrons. The average Bonchev–Trinajstić information content (AvgIpc) is 2.77. The fourth-order valence-corrected chi connectivity index (χ4v) is 5.42. The van der Waals surface area contributed by atoms with Crippen LogP contribution in [-0.2, 0) is 22.4 Å². The molecule has 21 heavy (non-hydrogen) atoms. The van der Waals surface area contributed by atoms with Crippen LogP contribution in [0.1, 0.15) is 32.9 Å². The third-order valence-corrected chi connectivity index (χ3v) is 7.38. The van der Waals surface area contributed by atoms with Crippen molar-refractivity contribution in [2.75, 3.05) is 18.8 Å². The highest BCUT2D eigenvalue weighted by Crippen LogP contribution is 2.32. The second-order valence-electron chi connectivity index (χ2n) is 5.85. The number of alkyl halides is 1. The van der Waals surface area contributed by atoms with Gasteiger partial charge in [-0.2, -0.15) is 16.1 Å². The van der Waals surface area contributed by atoms with Gasteiger partial charge in [0.15, 0.2) is 0 Å². The van der Waals surface area contributed by atoms with Crippen molar-refractivity contribution in [2.24, 2.45) is 0 Å². The van der Waals surface area contributed by atoms with Crippen molar-refractivity contribution < 1.29 is 8.42 Å². The number of hydrogen-bond donors (Lipinski definition) is 0. The van der Waals surface area contributed by atoms with Gasteiger partial charge in [-0.15, -0.1) is 11.6 Å². The molecule has 2 rings (SSSR count). The fraction of sp³-hybridized carbons (Fsp3) is 0.714. The normalized spacial score (nSPS) is 20.4. The highest BCUT2D eigenvalue weighted by Gasteiger charge is 2.31. The summed E-state index contributed by atoms with van der Waals surface area (Å²) < 4.78 is 29.3. The molecule has 1 saturated heterocycles. The smallest absolute Gasteiger partial charge is 0.244 e. The van der Waals surface area contributed by atoms with Crippen molar-refractivity contribution >= 4 is 33.4 Å². The summed E-state index contributed by atoms with van der Waals surface area (Å²) in [6.45, 7) is 8.21. The molecule has 1 aromatic rings. The van der Waals surface area contributed by atoms with Gasteiger partial charge in [0.05, 0.1) is 5.88 Å². The summed E-state index contributed by atoms with van der Waals surface area (Å²) in [6.07, 6.45) is 2.57. The van der Waals surface area contributed by atoms with E-state index in [9.17, 15) is 8.42 Å². The quantitative estimate of drug-likeness (QED) is 0.783. The second kappa shape index (κ2) is 6.52. The molecule has 1 aromatic heterocycles. The van der Waals surface area contributed by atoms with Crippen LogP contribution in [0.5, 0.6) is 0 Å². The molecule has 0 unspecified atom stereocenters. The monoisotopic (exact) mass is 350 g/mol. The van der Waals surface area contributed by atoms with Gasteiger partial charge < -0.3 is 4.57 Å². The van der Waals surface area contributed by atoms with Crippen LogP contribution in [0.3, 0.4) is 0 Å². The molecule has 1 aliphatic rings. The molecule has 0 atom stereocenters. The predicted octanol–water partition coefficient (Wildman–Crippen LogP) is 3.15. The predicted molar refractivity (Wildman–Crippen MR) is 89.6 cm³/mol. The maximum atomic E-state index is 12.8. The van der Waals surface area contributed by atoms with Gasteiger partial charge in [-0.05, 0) is 19.4 Å². The van der Waals surface area contributed by atoms with Crippen LogP contribution in [0.4, 0.5) is 0 Å². The average molecular weight is 351 g/mol. The van der Waals surface area contributed by atoms with Crippen LogP contribution in [0.15, 0.2) is 17.2 Å². The van der Waals surface area contributed by atoms with E-state index in [4.69, 9.17) is 11.6 Å². The molecule has 2 heterocycles. The van der Waals surface area contributed by atoms with Gasteiger partial charge in [0.2, 0.25) is 10.0 Å². The molecule has 4 nitrogen and oxygen atoms in total. The lowest BCUT2D eigenvalue weighted by atomic mass is 10.1. The minimum atomic E-state index is -3.42. The third-order valence-electron chi connectivity index (χ3n) is 3.87. The molecule has 0 spiro atoms. The molecule has 1 aliphatic heterocycles. The zero-order valence-corrected chi connectivity index (χ0v) is 15.2. The Balaban J connectivity index is 2.27. The van der Waals surface area contributed by atoms with Gasteiger partial charge in [0.1, 0.15) is 4.90 Å². The van der Waals surface area contributed by atoms with Crippen LogP contribution in [0, 0.1) is 0 Å². The second-order valence-corrected chi connectivity index (χ2v) is 9.86. The highest BCUT2D eigenvalue weighted by atomic mass is 35.5. The van der Waals surface area contributed by atoms with Gasteiger partial charge in [0, 0.05) is 42.0 Å². The lowest BCUT2D eigenvalue weighted by molar-refractivity contribution is 0.415. The van der Waals surface area contributed by atoms with Crippen molar-refractivity contribution in [1.82, 2.24) is 8.87 Å². The van der Waals surface area contributed by atoms with Gasteiger partial charge in [-0.3, -0.25) is 0 Å². The number of hydrogen-bond acceptors (Lipinski definition) is 3. The Kier molecular flexibility index (Phi) is 5.34. The first-order chi connectivity index (χ1) is 9.80. The van der Waals surface area contributed by atoms with Crippen LogP contribution >= 0.6 is 23.4 Å². The standard InChI is InChI=1S/C14H23ClN2O2S2/c1-4-16-11-13(9-12(16)10-15)21(18,19)17-6-5-14(2,3)20-8-7-17/h9,11H,4-8,10H2,1-3H3. The minimum absolute atomic E-state index is 0.140. The first-order valence-electron chi connectivity index (χ1n) is 7.19. The summed E-state index contributed by atoms with van der Waals surface area (Å²) in [5.41, 5.74) is 0.849. The first kappa shape index (κ1) is 17.2. The molecule has 0 aliphatic carbocycles. The van der Waals surface area contributed by atoms with E-state index in [-0.39, 0.29) is 4.75 Å². The van der Waals surface area contributed by atoms with E-state index in [0.717, 1.165) is 24.4 Å². The van der Waals surface area contributed by atoms with E-state index in [1.807, 2.05) is 23.3 Å². The lowest BCUT2D eigenvalue weighted by Gasteiger charge is -2.22. The number of thioether (sulfide) groups is 1. The fourth-order valence-electron chi connectivity index (χ4n) is 2.46. The first-order valence-corrected chi connectivity index (χ1v) is 10.2. The number of sulfonamides is 1. The van der Waals surface area contributed by atoms with Crippen LogP contribution < -0.4 is 0 Å². The minimum Gasteiger partial charge on any atom is -0.349 e. The summed E-state index contributed by atoms with van der Waals surface area (Å²) in [4.78, 5) is 0.365. The number of aryl methyl sites for hydroxylation is 1. The van der Waals surface area contributed by atoms with E-state index >= 15 is 0 Å². The van der Waals surface area contributed by atoms with Crippen molar-refractivity contribution in [3.63, 3.8) is 0 Å². The molecule has 0 bridgehead atoms. The van der Waals surface area contributed by atoms with Crippen molar-refractivity contribution in [1.29, 1.82) is 0 Å². The topological polar surface area (TPSA) is 42.3 Å². The van der Waals surface area contributed by atoms with Crippen molar-refractivity contribution in [3.05, 3.63) is 18.0 Å². The zero-order chi connectivity index (χ0) is 15.7. The van der Waals surface area contributed by atoms with E-state index < -0.39 is 10.0 Å². The Bertz CT molecular complexity index is 575. The van der Waals surface area contributed by atoms with Crippen LogP contribution in [-0.4, -0.2) is 40.9 Å². The van der Waals surface area contributed by atoms with Gasteiger partial charge in [-0.1, -0.05) is 13.8 Å². The molecular weight excluding hydrogens is 328 g/mol. The lowest BCUT2D eigenvalue weighted by Crippen LogP contribution is -2.33. The van der Waals surface area contributed by atoms with E-state index in [1.165, 1.54) is 0 Å². The third kappa shape index (κ3) is 3.78. The summed E-state index contributed by atoms with van der Waals surface area (Å²) in [7, 11) is -3.42. The highest BCUT2D eigenvalue weighted by molar-refractivity contribution is 8.00. The molecule has 0 radical (unpaired) electrons. The van der Waals surface area contributed by atoms with Crippen molar-refractivity contribution in [3.8, 4) is 0 Å². The van der Waals surface area contributed by atoms with Crippen molar-refractivity contribution in [2.45, 2.75) is 49.3 Å². The number of rotatable bonds is 4. The number of nitrogens with zero attached hydrogens (tertiary/aromatic N) is 2. The summed E-state index contributed by atoms with van der Waals surface area (Å²) in [5.74, 6) is 1.16. The maximum Gasteiger partial charge on any atom is 0.244 e. The summed E-state index contributed by atoms with van der Waals surface area (Å²) in [6, 6.07) is 1.70. The molecule has 0 aromatic carbocycles. The Morgan fingerprint density at radius 2 is 2.10 bits per heavy atom. The molecular formula is C14H23ClN2O2S2. The maximum absolute atomic E-state index is 12.8. The molecule has 0 amide bonds. The van der Waals surface area contributed by atoms with Crippen LogP contribution in [0.2, 0.25) is 0 Å². The molecule has 7 heteroatoms. The Labute approximate surface area is 136 Å². The van der Waals surface area contributed by atoms with Crippen LogP contribution in [0.25, 0.3) is 0 Å². The molecule has 0 N–H and O–H groups in total. The largest absolute Gasteiger partial charge is 0.349 e. The van der Waals surface area contributed by atoms with Gasteiger partial charge >= 0.3 is 0 Å². The van der Waals surface area contributed by atoms with Gasteiger partial charge in [-0.25, -0.2) is 8.42 Å².